The molecule has 0 saturated carbocycles. The monoisotopic (exact) mass is 330 g/mol. The first-order valence-corrected chi connectivity index (χ1v) is 11.2. The summed E-state index contributed by atoms with van der Waals surface area (Å²) in [4.78, 5) is 3.22. The fraction of sp³-hybridized carbons (Fsp3) is 1.00. The van der Waals surface area contributed by atoms with E-state index in [0.717, 1.165) is 32.5 Å². The highest BCUT2D eigenvalue weighted by Crippen LogP contribution is 2.53. The molecule has 3 aliphatic rings. The lowest BCUT2D eigenvalue weighted by molar-refractivity contribution is -0.998. The van der Waals surface area contributed by atoms with Gasteiger partial charge in [-0.3, -0.25) is 4.57 Å². The van der Waals surface area contributed by atoms with Gasteiger partial charge in [0.1, 0.15) is 26.2 Å². The van der Waals surface area contributed by atoms with Crippen LogP contribution >= 0.6 is 7.44 Å². The SMILES string of the molecule is C[NH+]1CC[NH+](CP(=O)(N2CCCCC2)N2CCCCC2)CC1. The molecular formula is C16H35N4OP+2. The quantitative estimate of drug-likeness (QED) is 0.683. The highest BCUT2D eigenvalue weighted by atomic mass is 31.2. The van der Waals surface area contributed by atoms with E-state index in [1.165, 1.54) is 64.7 Å². The number of rotatable bonds is 4. The Labute approximate surface area is 136 Å². The summed E-state index contributed by atoms with van der Waals surface area (Å²) in [5.74, 6) is 0. The van der Waals surface area contributed by atoms with E-state index in [9.17, 15) is 4.57 Å². The highest BCUT2D eigenvalue weighted by molar-refractivity contribution is 7.58. The van der Waals surface area contributed by atoms with Gasteiger partial charge in [0.05, 0.1) is 7.05 Å². The Balaban J connectivity index is 1.71. The van der Waals surface area contributed by atoms with E-state index in [2.05, 4.69) is 16.4 Å². The molecule has 0 aromatic rings. The van der Waals surface area contributed by atoms with Crippen LogP contribution in [0.1, 0.15) is 38.5 Å². The number of piperazine rings is 1. The van der Waals surface area contributed by atoms with Crippen molar-refractivity contribution in [2.45, 2.75) is 38.5 Å². The second-order valence-corrected chi connectivity index (χ2v) is 10.3. The Morgan fingerprint density at radius 2 is 1.23 bits per heavy atom. The zero-order valence-electron chi connectivity index (χ0n) is 14.4. The minimum absolute atomic E-state index is 0.889. The molecule has 0 amide bonds. The molecule has 0 aromatic carbocycles. The van der Waals surface area contributed by atoms with Crippen LogP contribution in [0.2, 0.25) is 0 Å². The lowest BCUT2D eigenvalue weighted by Crippen LogP contribution is -3.27. The molecule has 3 rings (SSSR count). The normalized spacial score (nSPS) is 33.0. The molecule has 22 heavy (non-hydrogen) atoms. The first-order chi connectivity index (χ1) is 10.7. The maximum atomic E-state index is 14.1. The van der Waals surface area contributed by atoms with Crippen LogP contribution in [-0.4, -0.2) is 75.0 Å². The van der Waals surface area contributed by atoms with E-state index in [-0.39, 0.29) is 0 Å². The molecular weight excluding hydrogens is 295 g/mol. The molecule has 3 heterocycles. The smallest absolute Gasteiger partial charge is 0.269 e. The molecule has 3 fully saturated rings. The van der Waals surface area contributed by atoms with Gasteiger partial charge < -0.3 is 9.80 Å². The maximum absolute atomic E-state index is 14.1. The largest absolute Gasteiger partial charge is 0.328 e. The summed E-state index contributed by atoms with van der Waals surface area (Å²) in [5, 5.41) is 0. The molecule has 5 nitrogen and oxygen atoms in total. The van der Waals surface area contributed by atoms with Crippen molar-refractivity contribution in [3.8, 4) is 0 Å². The molecule has 0 bridgehead atoms. The summed E-state index contributed by atoms with van der Waals surface area (Å²) < 4.78 is 18.9. The van der Waals surface area contributed by atoms with E-state index in [4.69, 9.17) is 0 Å². The van der Waals surface area contributed by atoms with Gasteiger partial charge in [-0.25, -0.2) is 9.34 Å². The van der Waals surface area contributed by atoms with Gasteiger partial charge in [-0.15, -0.1) is 0 Å². The van der Waals surface area contributed by atoms with Crippen LogP contribution in [0.25, 0.3) is 0 Å². The second-order valence-electron chi connectivity index (χ2n) is 7.56. The third-order valence-corrected chi connectivity index (χ3v) is 9.22. The highest BCUT2D eigenvalue weighted by Gasteiger charge is 2.42. The molecule has 0 unspecified atom stereocenters. The summed E-state index contributed by atoms with van der Waals surface area (Å²) in [6.45, 7) is 9.09. The van der Waals surface area contributed by atoms with Gasteiger partial charge in [0.15, 0.2) is 6.29 Å². The summed E-state index contributed by atoms with van der Waals surface area (Å²) >= 11 is 0. The van der Waals surface area contributed by atoms with Gasteiger partial charge in [0.2, 0.25) is 0 Å². The van der Waals surface area contributed by atoms with E-state index < -0.39 is 7.44 Å². The van der Waals surface area contributed by atoms with Crippen LogP contribution in [0.15, 0.2) is 0 Å². The van der Waals surface area contributed by atoms with Crippen molar-refractivity contribution in [1.29, 1.82) is 0 Å². The van der Waals surface area contributed by atoms with Crippen molar-refractivity contribution in [2.75, 3.05) is 65.7 Å². The number of hydrogen-bond donors (Lipinski definition) is 2. The Hall–Kier alpha value is 0.0700. The second kappa shape index (κ2) is 7.76. The molecule has 3 aliphatic heterocycles. The summed E-state index contributed by atoms with van der Waals surface area (Å²) in [6.07, 6.45) is 8.48. The predicted octanol–water partition coefficient (Wildman–Crippen LogP) is -0.478. The van der Waals surface area contributed by atoms with Gasteiger partial charge in [-0.05, 0) is 25.7 Å². The lowest BCUT2D eigenvalue weighted by atomic mass is 10.2. The topological polar surface area (TPSA) is 32.4 Å². The number of piperidine rings is 2. The third-order valence-electron chi connectivity index (χ3n) is 5.79. The minimum Gasteiger partial charge on any atom is -0.328 e. The van der Waals surface area contributed by atoms with Gasteiger partial charge in [-0.1, -0.05) is 12.8 Å². The first-order valence-electron chi connectivity index (χ1n) is 9.43. The van der Waals surface area contributed by atoms with E-state index in [1.807, 2.05) is 0 Å². The molecule has 0 radical (unpaired) electrons. The van der Waals surface area contributed by atoms with Crippen molar-refractivity contribution < 1.29 is 14.4 Å². The standard InChI is InChI=1S/C16H33N4OP/c1-17-12-14-18(15-13-17)16-22(21,19-8-4-2-5-9-19)20-10-6-3-7-11-20/h2-16H2,1H3/p+2. The molecule has 3 saturated heterocycles. The lowest BCUT2D eigenvalue weighted by Gasteiger charge is -2.43. The first kappa shape index (κ1) is 16.9. The average molecular weight is 330 g/mol. The van der Waals surface area contributed by atoms with Crippen LogP contribution in [0.4, 0.5) is 0 Å². The average Bonchev–Trinajstić information content (AvgIpc) is 2.58. The summed E-state index contributed by atoms with van der Waals surface area (Å²) in [6, 6.07) is 0. The van der Waals surface area contributed by atoms with Crippen LogP contribution in [0, 0.1) is 0 Å². The number of nitrogens with one attached hydrogen (secondary N) is 2. The van der Waals surface area contributed by atoms with E-state index >= 15 is 0 Å². The van der Waals surface area contributed by atoms with E-state index in [0.29, 0.717) is 0 Å². The number of likely N-dealkylation sites (N-methyl/N-ethyl adjacent to an activating group) is 1. The molecule has 0 aromatic heterocycles. The Kier molecular flexibility index (Phi) is 5.97. The fourth-order valence-corrected chi connectivity index (χ4v) is 7.71. The summed E-state index contributed by atoms with van der Waals surface area (Å²) in [7, 11) is -0.0547. The maximum Gasteiger partial charge on any atom is 0.269 e. The number of quaternary nitrogens is 2. The van der Waals surface area contributed by atoms with Gasteiger partial charge in [-0.2, -0.15) is 0 Å². The minimum atomic E-state index is -2.34. The Morgan fingerprint density at radius 3 is 1.68 bits per heavy atom. The van der Waals surface area contributed by atoms with Crippen LogP contribution in [0.5, 0.6) is 0 Å². The van der Waals surface area contributed by atoms with E-state index in [1.54, 1.807) is 9.80 Å². The molecule has 2 N–H and O–H groups in total. The molecule has 128 valence electrons. The zero-order valence-corrected chi connectivity index (χ0v) is 15.3. The van der Waals surface area contributed by atoms with Gasteiger partial charge >= 0.3 is 0 Å². The van der Waals surface area contributed by atoms with Crippen molar-refractivity contribution in [3.63, 3.8) is 0 Å². The van der Waals surface area contributed by atoms with Crippen molar-refractivity contribution in [2.24, 2.45) is 0 Å². The molecule has 0 atom stereocenters. The summed E-state index contributed by atoms with van der Waals surface area (Å²) in [5.41, 5.74) is 0. The van der Waals surface area contributed by atoms with Crippen molar-refractivity contribution >= 4 is 7.44 Å². The van der Waals surface area contributed by atoms with Crippen molar-refractivity contribution in [1.82, 2.24) is 9.34 Å². The van der Waals surface area contributed by atoms with Crippen LogP contribution in [0.3, 0.4) is 0 Å². The molecule has 0 aliphatic carbocycles. The number of nitrogens with zero attached hydrogens (tertiary/aromatic N) is 2. The molecule has 6 heteroatoms. The fourth-order valence-electron chi connectivity index (χ4n) is 4.24. The van der Waals surface area contributed by atoms with Crippen LogP contribution < -0.4 is 9.80 Å². The molecule has 0 spiro atoms. The zero-order chi connectivity index (χ0) is 15.4. The third kappa shape index (κ3) is 3.93. The van der Waals surface area contributed by atoms with Crippen LogP contribution in [-0.2, 0) is 4.57 Å². The Morgan fingerprint density at radius 1 is 0.773 bits per heavy atom. The Bertz CT molecular complexity index is 364. The van der Waals surface area contributed by atoms with Crippen molar-refractivity contribution in [3.05, 3.63) is 0 Å². The predicted molar refractivity (Wildman–Crippen MR) is 90.6 cm³/mol. The van der Waals surface area contributed by atoms with Gasteiger partial charge in [0.25, 0.3) is 7.44 Å². The number of hydrogen-bond acceptors (Lipinski definition) is 1. The van der Waals surface area contributed by atoms with Gasteiger partial charge in [0, 0.05) is 26.2 Å².